The molecule has 4 heterocycles. The topological polar surface area (TPSA) is 65.1 Å². The first-order valence-corrected chi connectivity index (χ1v) is 15.5. The van der Waals surface area contributed by atoms with Crippen molar-refractivity contribution in [3.8, 4) is 0 Å². The second-order valence-electron chi connectivity index (χ2n) is 12.4. The average molecular weight is 595 g/mol. The summed E-state index contributed by atoms with van der Waals surface area (Å²) >= 11 is 11.1. The first kappa shape index (κ1) is 28.9. The van der Waals surface area contributed by atoms with Gasteiger partial charge in [0.2, 0.25) is 11.8 Å². The van der Waals surface area contributed by atoms with Crippen LogP contribution in [0.1, 0.15) is 60.7 Å². The lowest BCUT2D eigenvalue weighted by Crippen LogP contribution is -2.51. The summed E-state index contributed by atoms with van der Waals surface area (Å²) in [5.41, 5.74) is 7.51. The molecule has 0 radical (unpaired) electrons. The minimum atomic E-state index is -0.310. The van der Waals surface area contributed by atoms with E-state index in [2.05, 4.69) is 64.2 Å². The molecule has 2 atom stereocenters. The van der Waals surface area contributed by atoms with Gasteiger partial charge in [-0.15, -0.1) is 0 Å². The monoisotopic (exact) mass is 594 g/mol. The number of ether oxygens (including phenoxy) is 1. The first-order chi connectivity index (χ1) is 19.6. The van der Waals surface area contributed by atoms with Gasteiger partial charge in [0, 0.05) is 63.7 Å². The van der Waals surface area contributed by atoms with Crippen molar-refractivity contribution in [1.29, 1.82) is 0 Å². The predicted octanol–water partition coefficient (Wildman–Crippen LogP) is 4.66. The molecule has 2 aromatic rings. The molecule has 2 amide bonds. The van der Waals surface area contributed by atoms with Gasteiger partial charge in [-0.3, -0.25) is 29.6 Å². The molecule has 2 saturated heterocycles. The van der Waals surface area contributed by atoms with E-state index in [1.807, 2.05) is 12.1 Å². The van der Waals surface area contributed by atoms with Crippen LogP contribution in [0.4, 0.5) is 0 Å². The molecule has 218 valence electrons. The third-order valence-corrected chi connectivity index (χ3v) is 9.74. The van der Waals surface area contributed by atoms with Crippen molar-refractivity contribution in [2.45, 2.75) is 63.2 Å². The molecule has 4 aliphatic rings. The van der Waals surface area contributed by atoms with Crippen LogP contribution in [-0.4, -0.2) is 77.5 Å². The zero-order valence-corrected chi connectivity index (χ0v) is 25.5. The zero-order chi connectivity index (χ0) is 28.7. The summed E-state index contributed by atoms with van der Waals surface area (Å²) in [6.07, 6.45) is 1.83. The summed E-state index contributed by atoms with van der Waals surface area (Å²) in [5.74, 6) is -0.387. The van der Waals surface area contributed by atoms with Crippen LogP contribution in [0, 0.1) is 0 Å². The van der Waals surface area contributed by atoms with Crippen LogP contribution in [-0.2, 0) is 27.4 Å². The molecule has 1 N–H and O–H groups in total. The molecule has 0 aliphatic carbocycles. The van der Waals surface area contributed by atoms with Crippen molar-refractivity contribution in [1.82, 2.24) is 20.0 Å². The average Bonchev–Trinajstić information content (AvgIpc) is 3.26. The Bertz CT molecular complexity index is 1350. The molecule has 0 bridgehead atoms. The van der Waals surface area contributed by atoms with Crippen molar-refractivity contribution in [2.24, 2.45) is 0 Å². The van der Waals surface area contributed by atoms with E-state index in [-0.39, 0.29) is 28.8 Å². The van der Waals surface area contributed by atoms with E-state index in [0.717, 1.165) is 50.7 Å². The highest BCUT2D eigenvalue weighted by atomic mass is 35.5. The Hall–Kier alpha value is -2.20. The first-order valence-electron chi connectivity index (χ1n) is 14.6. The summed E-state index contributed by atoms with van der Waals surface area (Å²) in [7, 11) is 0. The molecular formula is C32H39ClN4O3S. The van der Waals surface area contributed by atoms with Gasteiger partial charge >= 0.3 is 0 Å². The Morgan fingerprint density at radius 1 is 1.02 bits per heavy atom. The number of rotatable bonds is 6. The fourth-order valence-electron chi connectivity index (χ4n) is 6.57. The molecule has 7 nitrogen and oxygen atoms in total. The number of carbonyl (C=O) groups excluding carboxylic acids is 2. The number of piperidine rings is 1. The minimum Gasteiger partial charge on any atom is -0.371 e. The second kappa shape index (κ2) is 11.8. The number of thiol groups is 1. The van der Waals surface area contributed by atoms with Crippen molar-refractivity contribution in [2.75, 3.05) is 39.3 Å². The van der Waals surface area contributed by atoms with E-state index in [1.165, 1.54) is 33.4 Å². The van der Waals surface area contributed by atoms with Gasteiger partial charge in [0.1, 0.15) is 0 Å². The lowest BCUT2D eigenvalue weighted by molar-refractivity contribution is -0.137. The number of benzene rings is 2. The van der Waals surface area contributed by atoms with Gasteiger partial charge in [-0.25, -0.2) is 0 Å². The number of hydrogen-bond donors (Lipinski definition) is 2. The largest absolute Gasteiger partial charge is 0.371 e. The van der Waals surface area contributed by atoms with E-state index in [9.17, 15) is 9.59 Å². The number of imide groups is 1. The standard InChI is InChI=1S/C32H39ClN4O3S/c1-32(2)16-27(22-5-7-25(33)8-6-22)24(20-40-32)18-36-13-11-35(12-14-36)17-21-3-4-23-19-37(31(41)26(23)15-21)28-9-10-29(38)34-30(28)39/h3-8,15,28,31,41H,9-14,16-20H2,1-2H3,(H,34,38,39). The van der Waals surface area contributed by atoms with Gasteiger partial charge in [-0.1, -0.05) is 41.9 Å². The zero-order valence-electron chi connectivity index (χ0n) is 23.9. The Morgan fingerprint density at radius 2 is 1.73 bits per heavy atom. The molecular weight excluding hydrogens is 556 g/mol. The Balaban J connectivity index is 1.07. The van der Waals surface area contributed by atoms with Gasteiger partial charge in [0.25, 0.3) is 0 Å². The van der Waals surface area contributed by atoms with Crippen molar-refractivity contribution in [3.05, 3.63) is 75.3 Å². The number of piperazine rings is 1. The normalized spacial score (nSPS) is 25.9. The Morgan fingerprint density at radius 3 is 2.44 bits per heavy atom. The number of nitrogens with zero attached hydrogens (tertiary/aromatic N) is 3. The highest BCUT2D eigenvalue weighted by molar-refractivity contribution is 7.80. The van der Waals surface area contributed by atoms with Crippen LogP contribution in [0.5, 0.6) is 0 Å². The number of halogens is 1. The maximum absolute atomic E-state index is 12.5. The van der Waals surface area contributed by atoms with Gasteiger partial charge < -0.3 is 4.74 Å². The van der Waals surface area contributed by atoms with Crippen LogP contribution in [0.15, 0.2) is 48.0 Å². The van der Waals surface area contributed by atoms with Gasteiger partial charge in [-0.2, -0.15) is 12.6 Å². The molecule has 0 aromatic heterocycles. The third-order valence-electron chi connectivity index (χ3n) is 8.91. The van der Waals surface area contributed by atoms with Crippen LogP contribution in [0.3, 0.4) is 0 Å². The predicted molar refractivity (Wildman–Crippen MR) is 165 cm³/mol. The van der Waals surface area contributed by atoms with E-state index in [4.69, 9.17) is 29.0 Å². The Kier molecular flexibility index (Phi) is 8.33. The maximum Gasteiger partial charge on any atom is 0.243 e. The molecule has 0 saturated carbocycles. The summed E-state index contributed by atoms with van der Waals surface area (Å²) < 4.78 is 6.23. The van der Waals surface area contributed by atoms with Gasteiger partial charge in [0.05, 0.1) is 23.6 Å². The van der Waals surface area contributed by atoms with Crippen LogP contribution < -0.4 is 5.32 Å². The highest BCUT2D eigenvalue weighted by Gasteiger charge is 2.39. The minimum absolute atomic E-state index is 0.142. The Labute approximate surface area is 253 Å². The van der Waals surface area contributed by atoms with Crippen LogP contribution in [0.25, 0.3) is 5.57 Å². The number of nitrogens with one attached hydrogen (secondary N) is 1. The number of hydrogen-bond acceptors (Lipinski definition) is 7. The molecule has 2 aromatic carbocycles. The maximum atomic E-state index is 12.5. The molecule has 41 heavy (non-hydrogen) atoms. The highest BCUT2D eigenvalue weighted by Crippen LogP contribution is 2.40. The lowest BCUT2D eigenvalue weighted by Gasteiger charge is -2.38. The summed E-state index contributed by atoms with van der Waals surface area (Å²) in [4.78, 5) is 31.3. The smallest absolute Gasteiger partial charge is 0.243 e. The number of amides is 2. The second-order valence-corrected chi connectivity index (χ2v) is 13.3. The summed E-state index contributed by atoms with van der Waals surface area (Å²) in [6.45, 7) is 11.6. The van der Waals surface area contributed by atoms with Gasteiger partial charge in [0.15, 0.2) is 0 Å². The number of fused-ring (bicyclic) bond motifs is 1. The fourth-order valence-corrected chi connectivity index (χ4v) is 7.18. The molecule has 9 heteroatoms. The van der Waals surface area contributed by atoms with E-state index < -0.39 is 0 Å². The van der Waals surface area contributed by atoms with Crippen LogP contribution >= 0.6 is 24.2 Å². The van der Waals surface area contributed by atoms with E-state index >= 15 is 0 Å². The third kappa shape index (κ3) is 6.43. The molecule has 2 unspecified atom stereocenters. The van der Waals surface area contributed by atoms with Crippen molar-refractivity contribution in [3.63, 3.8) is 0 Å². The molecule has 6 rings (SSSR count). The van der Waals surface area contributed by atoms with Crippen molar-refractivity contribution < 1.29 is 14.3 Å². The lowest BCUT2D eigenvalue weighted by atomic mass is 9.87. The SMILES string of the molecule is CC1(C)CC(c2ccc(Cl)cc2)=C(CN2CCN(Cc3ccc4c(c3)C(S)N(C3CCC(=O)NC3=O)C4)CC2)CO1. The molecule has 0 spiro atoms. The molecule has 4 aliphatic heterocycles. The van der Waals surface area contributed by atoms with E-state index in [1.54, 1.807) is 0 Å². The number of carbonyl (C=O) groups is 2. The van der Waals surface area contributed by atoms with E-state index in [0.29, 0.717) is 26.0 Å². The van der Waals surface area contributed by atoms with Crippen molar-refractivity contribution >= 4 is 41.6 Å². The van der Waals surface area contributed by atoms with Crippen LogP contribution in [0.2, 0.25) is 5.02 Å². The quantitative estimate of drug-likeness (QED) is 0.375. The summed E-state index contributed by atoms with van der Waals surface area (Å²) in [6, 6.07) is 14.6. The fraction of sp³-hybridized carbons (Fsp3) is 0.500. The summed E-state index contributed by atoms with van der Waals surface area (Å²) in [5, 5.41) is 3.11. The van der Waals surface area contributed by atoms with Gasteiger partial charge in [-0.05, 0) is 65.8 Å². The molecule has 2 fully saturated rings.